The predicted molar refractivity (Wildman–Crippen MR) is 113 cm³/mol. The number of aryl methyl sites for hydroxylation is 1. The van der Waals surface area contributed by atoms with Crippen molar-refractivity contribution in [3.63, 3.8) is 0 Å². The first-order valence-electron chi connectivity index (χ1n) is 9.25. The lowest BCUT2D eigenvalue weighted by atomic mass is 10.1. The van der Waals surface area contributed by atoms with E-state index in [2.05, 4.69) is 5.32 Å². The minimum atomic E-state index is -0.234. The van der Waals surface area contributed by atoms with E-state index >= 15 is 0 Å². The van der Waals surface area contributed by atoms with Crippen molar-refractivity contribution < 1.29 is 14.3 Å². The van der Waals surface area contributed by atoms with E-state index in [1.165, 1.54) is 4.90 Å². The van der Waals surface area contributed by atoms with Gasteiger partial charge in [0.15, 0.2) is 0 Å². The second-order valence-electron chi connectivity index (χ2n) is 6.96. The first kappa shape index (κ1) is 21.4. The van der Waals surface area contributed by atoms with Gasteiger partial charge in [-0.05, 0) is 49.2 Å². The van der Waals surface area contributed by atoms with Gasteiger partial charge in [-0.2, -0.15) is 0 Å². The lowest BCUT2D eigenvalue weighted by molar-refractivity contribution is -0.117. The summed E-state index contributed by atoms with van der Waals surface area (Å²) in [6, 6.07) is 13.1. The molecule has 6 nitrogen and oxygen atoms in total. The van der Waals surface area contributed by atoms with Gasteiger partial charge in [-0.25, -0.2) is 0 Å². The van der Waals surface area contributed by atoms with Gasteiger partial charge in [-0.15, -0.1) is 0 Å². The summed E-state index contributed by atoms with van der Waals surface area (Å²) in [5, 5.41) is 2.91. The number of benzene rings is 2. The Labute approximate surface area is 167 Å². The van der Waals surface area contributed by atoms with Gasteiger partial charge in [0.1, 0.15) is 6.54 Å². The van der Waals surface area contributed by atoms with Crippen LogP contribution in [0.4, 0.5) is 11.4 Å². The van der Waals surface area contributed by atoms with E-state index in [0.717, 1.165) is 22.5 Å². The number of hydrogen-bond donors (Lipinski definition) is 1. The van der Waals surface area contributed by atoms with Crippen LogP contribution >= 0.6 is 0 Å². The van der Waals surface area contributed by atoms with Gasteiger partial charge in [0, 0.05) is 44.7 Å². The second kappa shape index (κ2) is 9.90. The quantitative estimate of drug-likeness (QED) is 0.761. The Bertz CT molecular complexity index is 834. The maximum Gasteiger partial charge on any atom is 0.254 e. The van der Waals surface area contributed by atoms with Crippen LogP contribution in [-0.2, 0) is 9.53 Å². The molecule has 0 saturated heterocycles. The summed E-state index contributed by atoms with van der Waals surface area (Å²) < 4.78 is 5.12. The third kappa shape index (κ3) is 5.57. The summed E-state index contributed by atoms with van der Waals surface area (Å²) in [6.07, 6.45) is 0. The van der Waals surface area contributed by atoms with E-state index < -0.39 is 0 Å². The van der Waals surface area contributed by atoms with E-state index in [1.807, 2.05) is 69.2 Å². The number of rotatable bonds is 8. The van der Waals surface area contributed by atoms with Crippen molar-refractivity contribution in [1.29, 1.82) is 0 Å². The molecular weight excluding hydrogens is 354 g/mol. The second-order valence-corrected chi connectivity index (χ2v) is 6.96. The maximum absolute atomic E-state index is 13.0. The lowest BCUT2D eigenvalue weighted by Crippen LogP contribution is -2.40. The van der Waals surface area contributed by atoms with Crippen LogP contribution in [0.25, 0.3) is 0 Å². The molecule has 0 aliphatic carbocycles. The third-order valence-electron chi connectivity index (χ3n) is 4.68. The van der Waals surface area contributed by atoms with Crippen molar-refractivity contribution in [2.45, 2.75) is 13.8 Å². The molecule has 2 rings (SSSR count). The minimum absolute atomic E-state index is 0.0399. The number of amides is 2. The fourth-order valence-corrected chi connectivity index (χ4v) is 2.80. The van der Waals surface area contributed by atoms with E-state index in [1.54, 1.807) is 13.2 Å². The number of carbonyl (C=O) groups excluding carboxylic acids is 2. The van der Waals surface area contributed by atoms with E-state index in [9.17, 15) is 9.59 Å². The molecule has 0 unspecified atom stereocenters. The van der Waals surface area contributed by atoms with E-state index in [0.29, 0.717) is 18.7 Å². The van der Waals surface area contributed by atoms with Gasteiger partial charge in [-0.3, -0.25) is 9.59 Å². The van der Waals surface area contributed by atoms with E-state index in [4.69, 9.17) is 4.74 Å². The molecule has 150 valence electrons. The maximum atomic E-state index is 13.0. The number of nitrogens with one attached hydrogen (secondary N) is 1. The van der Waals surface area contributed by atoms with Crippen molar-refractivity contribution in [2.24, 2.45) is 0 Å². The van der Waals surface area contributed by atoms with Crippen LogP contribution < -0.4 is 10.2 Å². The normalized spacial score (nSPS) is 10.5. The van der Waals surface area contributed by atoms with Crippen molar-refractivity contribution >= 4 is 23.2 Å². The molecule has 2 aromatic rings. The first-order valence-corrected chi connectivity index (χ1v) is 9.25. The smallest absolute Gasteiger partial charge is 0.254 e. The third-order valence-corrected chi connectivity index (χ3v) is 4.68. The standard InChI is InChI=1S/C22H29N3O3/c1-16-8-6-11-20(17(16)2)23-21(26)15-25(12-13-28-5)22(27)18-9-7-10-19(14-18)24(3)4/h6-11,14H,12-13,15H2,1-5H3,(H,23,26). The summed E-state index contributed by atoms with van der Waals surface area (Å²) in [5.74, 6) is -0.432. The minimum Gasteiger partial charge on any atom is -0.383 e. The summed E-state index contributed by atoms with van der Waals surface area (Å²) in [7, 11) is 5.42. The zero-order valence-electron chi connectivity index (χ0n) is 17.3. The highest BCUT2D eigenvalue weighted by Crippen LogP contribution is 2.18. The van der Waals surface area contributed by atoms with Gasteiger partial charge in [0.25, 0.3) is 5.91 Å². The van der Waals surface area contributed by atoms with Crippen LogP contribution in [0.1, 0.15) is 21.5 Å². The number of methoxy groups -OCH3 is 1. The molecule has 0 bridgehead atoms. The molecule has 2 aromatic carbocycles. The number of ether oxygens (including phenoxy) is 1. The molecular formula is C22H29N3O3. The number of nitrogens with zero attached hydrogens (tertiary/aromatic N) is 2. The average Bonchev–Trinajstić information content (AvgIpc) is 2.68. The zero-order chi connectivity index (χ0) is 20.7. The van der Waals surface area contributed by atoms with Gasteiger partial charge >= 0.3 is 0 Å². The van der Waals surface area contributed by atoms with Crippen LogP contribution in [0.15, 0.2) is 42.5 Å². The van der Waals surface area contributed by atoms with Crippen LogP contribution in [0.3, 0.4) is 0 Å². The molecule has 0 aliphatic heterocycles. The van der Waals surface area contributed by atoms with Gasteiger partial charge < -0.3 is 19.9 Å². The molecule has 0 atom stereocenters. The molecule has 0 spiro atoms. The Morgan fingerprint density at radius 3 is 2.46 bits per heavy atom. The Morgan fingerprint density at radius 1 is 1.07 bits per heavy atom. The summed E-state index contributed by atoms with van der Waals surface area (Å²) in [5.41, 5.74) is 4.35. The molecule has 0 fully saturated rings. The summed E-state index contributed by atoms with van der Waals surface area (Å²) in [4.78, 5) is 29.1. The molecule has 1 N–H and O–H groups in total. The van der Waals surface area contributed by atoms with Crippen LogP contribution in [0.2, 0.25) is 0 Å². The highest BCUT2D eigenvalue weighted by molar-refractivity contribution is 6.00. The van der Waals surface area contributed by atoms with Gasteiger partial charge in [0.05, 0.1) is 6.61 Å². The van der Waals surface area contributed by atoms with Crippen molar-refractivity contribution in [3.05, 3.63) is 59.2 Å². The van der Waals surface area contributed by atoms with Crippen molar-refractivity contribution in [1.82, 2.24) is 4.90 Å². The topological polar surface area (TPSA) is 61.9 Å². The number of hydrogen-bond acceptors (Lipinski definition) is 4. The molecule has 0 saturated carbocycles. The highest BCUT2D eigenvalue weighted by atomic mass is 16.5. The molecule has 28 heavy (non-hydrogen) atoms. The first-order chi connectivity index (χ1) is 13.3. The molecule has 0 aromatic heterocycles. The number of carbonyl (C=O) groups is 2. The Balaban J connectivity index is 2.16. The summed E-state index contributed by atoms with van der Waals surface area (Å²) in [6.45, 7) is 4.61. The van der Waals surface area contributed by atoms with E-state index in [-0.39, 0.29) is 18.4 Å². The molecule has 0 radical (unpaired) electrons. The zero-order valence-corrected chi connectivity index (χ0v) is 17.3. The van der Waals surface area contributed by atoms with Crippen molar-refractivity contribution in [2.75, 3.05) is 51.1 Å². The van der Waals surface area contributed by atoms with Crippen LogP contribution in [-0.4, -0.2) is 57.6 Å². The van der Waals surface area contributed by atoms with Gasteiger partial charge in [-0.1, -0.05) is 18.2 Å². The van der Waals surface area contributed by atoms with Crippen molar-refractivity contribution in [3.8, 4) is 0 Å². The molecule has 0 aliphatic rings. The number of anilines is 2. The molecule has 2 amide bonds. The van der Waals surface area contributed by atoms with Gasteiger partial charge in [0.2, 0.25) is 5.91 Å². The molecule has 6 heteroatoms. The fraction of sp³-hybridized carbons (Fsp3) is 0.364. The van der Waals surface area contributed by atoms with Crippen LogP contribution in [0, 0.1) is 13.8 Å². The fourth-order valence-electron chi connectivity index (χ4n) is 2.80. The lowest BCUT2D eigenvalue weighted by Gasteiger charge is -2.23. The SMILES string of the molecule is COCCN(CC(=O)Nc1cccc(C)c1C)C(=O)c1cccc(N(C)C)c1. The Morgan fingerprint density at radius 2 is 1.79 bits per heavy atom. The molecule has 0 heterocycles. The highest BCUT2D eigenvalue weighted by Gasteiger charge is 2.20. The Hall–Kier alpha value is -2.86. The largest absolute Gasteiger partial charge is 0.383 e. The summed E-state index contributed by atoms with van der Waals surface area (Å²) >= 11 is 0. The van der Waals surface area contributed by atoms with Crippen LogP contribution in [0.5, 0.6) is 0 Å². The average molecular weight is 383 g/mol. The Kier molecular flexibility index (Phi) is 7.58. The predicted octanol–water partition coefficient (Wildman–Crippen LogP) is 3.10. The monoisotopic (exact) mass is 383 g/mol.